The predicted molar refractivity (Wildman–Crippen MR) is 150 cm³/mol. The smallest absolute Gasteiger partial charge is 0.254 e. The molecule has 1 aliphatic rings. The first-order valence-electron chi connectivity index (χ1n) is 12.4. The molecule has 36 heavy (non-hydrogen) atoms. The highest BCUT2D eigenvalue weighted by molar-refractivity contribution is 9.10. The number of ether oxygens (including phenoxy) is 1. The van der Waals surface area contributed by atoms with E-state index < -0.39 is 0 Å². The van der Waals surface area contributed by atoms with E-state index in [1.165, 1.54) is 11.3 Å². The van der Waals surface area contributed by atoms with E-state index in [1.54, 1.807) is 0 Å². The first-order valence-corrected chi connectivity index (χ1v) is 13.2. The summed E-state index contributed by atoms with van der Waals surface area (Å²) in [5, 5.41) is 0.859. The molecule has 0 saturated carbocycles. The monoisotopic (exact) mass is 543 g/mol. The third-order valence-electron chi connectivity index (χ3n) is 6.74. The van der Waals surface area contributed by atoms with Crippen LogP contribution in [0.5, 0.6) is 5.75 Å². The van der Waals surface area contributed by atoms with Crippen LogP contribution in [0, 0.1) is 6.92 Å². The van der Waals surface area contributed by atoms with Gasteiger partial charge in [0.05, 0.1) is 23.4 Å². The predicted octanol–water partition coefficient (Wildman–Crippen LogP) is 6.72. The van der Waals surface area contributed by atoms with Gasteiger partial charge in [0, 0.05) is 46.8 Å². The molecule has 3 aromatic carbocycles. The second-order valence-electron chi connectivity index (χ2n) is 9.30. The summed E-state index contributed by atoms with van der Waals surface area (Å²) in [6.07, 6.45) is 0. The molecule has 5 nitrogen and oxygen atoms in total. The van der Waals surface area contributed by atoms with Crippen molar-refractivity contribution in [2.75, 3.05) is 31.1 Å². The summed E-state index contributed by atoms with van der Waals surface area (Å²) in [4.78, 5) is 23.2. The average molecular weight is 544 g/mol. The quantitative estimate of drug-likeness (QED) is 0.280. The molecule has 6 heteroatoms. The number of hydrogen-bond acceptors (Lipinski definition) is 4. The van der Waals surface area contributed by atoms with Crippen molar-refractivity contribution in [2.24, 2.45) is 0 Å². The number of carbonyl (C=O) groups excluding carboxylic acids is 1. The number of piperazine rings is 1. The summed E-state index contributed by atoms with van der Waals surface area (Å²) in [6, 6.07) is 24.6. The summed E-state index contributed by atoms with van der Waals surface area (Å²) in [6.45, 7) is 9.02. The van der Waals surface area contributed by atoms with Gasteiger partial charge in [-0.3, -0.25) is 4.79 Å². The Bertz CT molecular complexity index is 1390. The van der Waals surface area contributed by atoms with E-state index in [4.69, 9.17) is 9.72 Å². The Hall–Kier alpha value is -3.38. The number of benzene rings is 3. The van der Waals surface area contributed by atoms with Crippen LogP contribution in [0.2, 0.25) is 0 Å². The van der Waals surface area contributed by atoms with Crippen LogP contribution in [-0.4, -0.2) is 48.1 Å². The molecule has 1 aliphatic heterocycles. The Labute approximate surface area is 220 Å². The van der Waals surface area contributed by atoms with Crippen molar-refractivity contribution < 1.29 is 9.53 Å². The van der Waals surface area contributed by atoms with Crippen molar-refractivity contribution in [1.82, 2.24) is 9.88 Å². The number of hydrogen-bond donors (Lipinski definition) is 0. The highest BCUT2D eigenvalue weighted by atomic mass is 79.9. The summed E-state index contributed by atoms with van der Waals surface area (Å²) in [5.74, 6) is 0.866. The molecular formula is C30H30BrN3O2. The van der Waals surface area contributed by atoms with Crippen molar-refractivity contribution in [3.05, 3.63) is 88.4 Å². The molecule has 1 atom stereocenters. The molecule has 1 amide bonds. The normalized spacial score (nSPS) is 15.8. The zero-order chi connectivity index (χ0) is 25.2. The fourth-order valence-corrected chi connectivity index (χ4v) is 5.20. The van der Waals surface area contributed by atoms with Gasteiger partial charge in [0.2, 0.25) is 0 Å². The minimum Gasteiger partial charge on any atom is -0.494 e. The molecule has 2 heterocycles. The third-order valence-corrected chi connectivity index (χ3v) is 7.24. The Kier molecular flexibility index (Phi) is 6.97. The number of pyridine rings is 1. The Balaban J connectivity index is 1.46. The molecule has 184 valence electrons. The molecule has 5 rings (SSSR count). The largest absolute Gasteiger partial charge is 0.494 e. The lowest BCUT2D eigenvalue weighted by molar-refractivity contribution is 0.0728. The van der Waals surface area contributed by atoms with Gasteiger partial charge in [-0.1, -0.05) is 33.6 Å². The van der Waals surface area contributed by atoms with Crippen molar-refractivity contribution in [1.29, 1.82) is 0 Å². The summed E-state index contributed by atoms with van der Waals surface area (Å²) in [7, 11) is 0. The summed E-state index contributed by atoms with van der Waals surface area (Å²) >= 11 is 3.57. The molecule has 0 bridgehead atoms. The number of fused-ring (bicyclic) bond motifs is 1. The van der Waals surface area contributed by atoms with Crippen LogP contribution in [0.4, 0.5) is 5.69 Å². The molecule has 0 radical (unpaired) electrons. The summed E-state index contributed by atoms with van der Waals surface area (Å²) in [5.41, 5.74) is 5.67. The number of halogens is 1. The SMILES string of the molecule is CCOc1ccc(-c2cc(C(=O)N3CCN(c4ccc(C)cc4)C(C)C3)c3cc(Br)ccc3n2)cc1. The van der Waals surface area contributed by atoms with Gasteiger partial charge in [-0.25, -0.2) is 4.98 Å². The first kappa shape index (κ1) is 24.3. The zero-order valence-corrected chi connectivity index (χ0v) is 22.5. The van der Waals surface area contributed by atoms with E-state index in [-0.39, 0.29) is 11.9 Å². The van der Waals surface area contributed by atoms with Gasteiger partial charge < -0.3 is 14.5 Å². The van der Waals surface area contributed by atoms with Crippen LogP contribution in [-0.2, 0) is 0 Å². The molecular weight excluding hydrogens is 514 g/mol. The van der Waals surface area contributed by atoms with Crippen molar-refractivity contribution >= 4 is 38.4 Å². The van der Waals surface area contributed by atoms with Gasteiger partial charge >= 0.3 is 0 Å². The van der Waals surface area contributed by atoms with E-state index in [2.05, 4.69) is 58.9 Å². The molecule has 1 unspecified atom stereocenters. The second-order valence-corrected chi connectivity index (χ2v) is 10.2. The minimum absolute atomic E-state index is 0.0445. The van der Waals surface area contributed by atoms with E-state index in [0.717, 1.165) is 38.9 Å². The third kappa shape index (κ3) is 4.96. The van der Waals surface area contributed by atoms with E-state index in [9.17, 15) is 4.79 Å². The number of aryl methyl sites for hydroxylation is 1. The molecule has 0 spiro atoms. The van der Waals surface area contributed by atoms with Gasteiger partial charge in [0.15, 0.2) is 0 Å². The molecule has 0 aliphatic carbocycles. The van der Waals surface area contributed by atoms with Crippen molar-refractivity contribution in [3.63, 3.8) is 0 Å². The number of aromatic nitrogens is 1. The van der Waals surface area contributed by atoms with Gasteiger partial charge in [-0.2, -0.15) is 0 Å². The van der Waals surface area contributed by atoms with Crippen LogP contribution in [0.1, 0.15) is 29.8 Å². The lowest BCUT2D eigenvalue weighted by Crippen LogP contribution is -2.53. The molecule has 4 aromatic rings. The Morgan fingerprint density at radius 2 is 1.78 bits per heavy atom. The van der Waals surface area contributed by atoms with E-state index >= 15 is 0 Å². The highest BCUT2D eigenvalue weighted by Crippen LogP contribution is 2.30. The number of nitrogens with zero attached hydrogens (tertiary/aromatic N) is 3. The maximum absolute atomic E-state index is 13.9. The number of carbonyl (C=O) groups is 1. The second kappa shape index (κ2) is 10.3. The Morgan fingerprint density at radius 1 is 1.03 bits per heavy atom. The zero-order valence-electron chi connectivity index (χ0n) is 20.9. The van der Waals surface area contributed by atoms with Gasteiger partial charge in [-0.05, 0) is 81.4 Å². The molecule has 1 saturated heterocycles. The maximum atomic E-state index is 13.9. The minimum atomic E-state index is 0.0445. The number of amides is 1. The van der Waals surface area contributed by atoms with Crippen LogP contribution in [0.3, 0.4) is 0 Å². The lowest BCUT2D eigenvalue weighted by atomic mass is 10.0. The van der Waals surface area contributed by atoms with Crippen molar-refractivity contribution in [2.45, 2.75) is 26.8 Å². The topological polar surface area (TPSA) is 45.7 Å². The Morgan fingerprint density at radius 3 is 2.47 bits per heavy atom. The summed E-state index contributed by atoms with van der Waals surface area (Å²) < 4.78 is 6.52. The van der Waals surface area contributed by atoms with Crippen LogP contribution in [0.25, 0.3) is 22.2 Å². The van der Waals surface area contributed by atoms with Crippen LogP contribution >= 0.6 is 15.9 Å². The molecule has 1 aromatic heterocycles. The van der Waals surface area contributed by atoms with E-state index in [1.807, 2.05) is 60.4 Å². The average Bonchev–Trinajstić information content (AvgIpc) is 2.89. The van der Waals surface area contributed by atoms with Gasteiger partial charge in [0.25, 0.3) is 5.91 Å². The fraction of sp³-hybridized carbons (Fsp3) is 0.267. The van der Waals surface area contributed by atoms with Crippen molar-refractivity contribution in [3.8, 4) is 17.0 Å². The lowest BCUT2D eigenvalue weighted by Gasteiger charge is -2.41. The van der Waals surface area contributed by atoms with E-state index in [0.29, 0.717) is 25.3 Å². The van der Waals surface area contributed by atoms with Gasteiger partial charge in [-0.15, -0.1) is 0 Å². The van der Waals surface area contributed by atoms with Crippen LogP contribution in [0.15, 0.2) is 77.3 Å². The fourth-order valence-electron chi connectivity index (χ4n) is 4.84. The highest BCUT2D eigenvalue weighted by Gasteiger charge is 2.29. The molecule has 1 fully saturated rings. The molecule has 0 N–H and O–H groups in total. The first-order chi connectivity index (χ1) is 17.4. The number of anilines is 1. The maximum Gasteiger partial charge on any atom is 0.254 e. The van der Waals surface area contributed by atoms with Gasteiger partial charge in [0.1, 0.15) is 5.75 Å². The number of rotatable bonds is 5. The van der Waals surface area contributed by atoms with Crippen LogP contribution < -0.4 is 9.64 Å². The standard InChI is InChI=1S/C30H30BrN3O2/c1-4-36-25-12-7-22(8-13-25)29-18-27(26-17-23(31)9-14-28(26)32-29)30(35)33-15-16-34(21(3)19-33)24-10-5-20(2)6-11-24/h5-14,17-18,21H,4,15-16,19H2,1-3H3.